The molecule has 2 amide bonds. The highest BCUT2D eigenvalue weighted by atomic mass is 32.1. The van der Waals surface area contributed by atoms with Gasteiger partial charge < -0.3 is 24.4 Å². The molecular formula is C20H21N3O5S. The number of carbonyl (C=O) groups excluding carboxylic acids is 2. The molecular weight excluding hydrogens is 394 g/mol. The molecule has 0 radical (unpaired) electrons. The molecule has 0 spiro atoms. The molecule has 1 N–H and O–H groups in total. The number of para-hydroxylation sites is 1. The van der Waals surface area contributed by atoms with Crippen LogP contribution < -0.4 is 14.8 Å². The number of hydrogen-bond acceptors (Lipinski definition) is 7. The number of amides is 2. The van der Waals surface area contributed by atoms with Crippen molar-refractivity contribution < 1.29 is 23.8 Å². The first-order chi connectivity index (χ1) is 14.0. The predicted octanol–water partition coefficient (Wildman–Crippen LogP) is 3.40. The zero-order valence-corrected chi connectivity index (χ0v) is 17.2. The molecule has 0 fully saturated rings. The number of rotatable bonds is 5. The van der Waals surface area contributed by atoms with Gasteiger partial charge >= 0.3 is 6.09 Å². The maximum absolute atomic E-state index is 12.9. The van der Waals surface area contributed by atoms with E-state index in [1.807, 2.05) is 0 Å². The molecule has 1 aliphatic rings. The van der Waals surface area contributed by atoms with Gasteiger partial charge in [-0.2, -0.15) is 5.26 Å². The molecule has 0 saturated heterocycles. The van der Waals surface area contributed by atoms with E-state index in [4.69, 9.17) is 14.2 Å². The first-order valence-corrected chi connectivity index (χ1v) is 9.84. The van der Waals surface area contributed by atoms with Crippen molar-refractivity contribution in [3.05, 3.63) is 39.8 Å². The number of benzene rings is 1. The molecule has 3 rings (SSSR count). The van der Waals surface area contributed by atoms with Gasteiger partial charge in [0.1, 0.15) is 11.1 Å². The summed E-state index contributed by atoms with van der Waals surface area (Å²) < 4.78 is 15.6. The number of hydrogen-bond donors (Lipinski definition) is 1. The molecule has 152 valence electrons. The predicted molar refractivity (Wildman–Crippen MR) is 108 cm³/mol. The Balaban J connectivity index is 1.87. The van der Waals surface area contributed by atoms with Crippen LogP contribution >= 0.6 is 11.3 Å². The number of nitriles is 1. The normalized spacial score (nSPS) is 12.6. The number of thiophene rings is 1. The summed E-state index contributed by atoms with van der Waals surface area (Å²) >= 11 is 1.30. The average Bonchev–Trinajstić information content (AvgIpc) is 3.08. The zero-order chi connectivity index (χ0) is 21.0. The van der Waals surface area contributed by atoms with E-state index in [0.717, 1.165) is 10.4 Å². The first-order valence-electron chi connectivity index (χ1n) is 9.02. The Morgan fingerprint density at radius 1 is 1.31 bits per heavy atom. The third-order valence-electron chi connectivity index (χ3n) is 4.57. The third-order valence-corrected chi connectivity index (χ3v) is 5.70. The maximum Gasteiger partial charge on any atom is 0.410 e. The van der Waals surface area contributed by atoms with Crippen molar-refractivity contribution in [2.45, 2.75) is 19.9 Å². The van der Waals surface area contributed by atoms with Gasteiger partial charge in [-0.05, 0) is 31.0 Å². The van der Waals surface area contributed by atoms with Gasteiger partial charge in [0.15, 0.2) is 11.5 Å². The van der Waals surface area contributed by atoms with Crippen LogP contribution in [-0.2, 0) is 17.7 Å². The number of nitrogens with zero attached hydrogens (tertiary/aromatic N) is 2. The van der Waals surface area contributed by atoms with Gasteiger partial charge in [0.05, 0.1) is 38.5 Å². The number of ether oxygens (including phenoxy) is 3. The summed E-state index contributed by atoms with van der Waals surface area (Å²) in [7, 11) is 2.96. The summed E-state index contributed by atoms with van der Waals surface area (Å²) in [4.78, 5) is 27.3. The second kappa shape index (κ2) is 8.84. The molecule has 8 nitrogen and oxygen atoms in total. The van der Waals surface area contributed by atoms with Crippen LogP contribution in [0.1, 0.15) is 33.3 Å². The van der Waals surface area contributed by atoms with E-state index < -0.39 is 5.91 Å². The first kappa shape index (κ1) is 20.5. The Kier molecular flexibility index (Phi) is 6.24. The van der Waals surface area contributed by atoms with Gasteiger partial charge in [0.2, 0.25) is 0 Å². The van der Waals surface area contributed by atoms with E-state index in [1.54, 1.807) is 30.0 Å². The minimum absolute atomic E-state index is 0.301. The number of methoxy groups -OCH3 is 2. The number of fused-ring (bicyclic) bond motifs is 1. The summed E-state index contributed by atoms with van der Waals surface area (Å²) in [5, 5.41) is 12.9. The second-order valence-corrected chi connectivity index (χ2v) is 7.29. The lowest BCUT2D eigenvalue weighted by atomic mass is 10.0. The standard InChI is InChI=1S/C20H21N3O5S/c1-4-28-20(25)23-9-8-12-14(10-21)19(29-16(12)11-23)22-18(24)13-6-5-7-15(26-2)17(13)27-3/h5-7H,4,8-9,11H2,1-3H3,(H,22,24). The zero-order valence-electron chi connectivity index (χ0n) is 16.4. The summed E-state index contributed by atoms with van der Waals surface area (Å²) in [5.41, 5.74) is 1.60. The SMILES string of the molecule is CCOC(=O)N1CCc2c(sc(NC(=O)c3cccc(OC)c3OC)c2C#N)C1. The smallest absolute Gasteiger partial charge is 0.410 e. The van der Waals surface area contributed by atoms with E-state index in [9.17, 15) is 14.9 Å². The molecule has 1 aliphatic heterocycles. The largest absolute Gasteiger partial charge is 0.493 e. The van der Waals surface area contributed by atoms with E-state index in [2.05, 4.69) is 11.4 Å². The van der Waals surface area contributed by atoms with E-state index in [-0.39, 0.29) is 6.09 Å². The molecule has 0 atom stereocenters. The van der Waals surface area contributed by atoms with Crippen molar-refractivity contribution >= 4 is 28.3 Å². The van der Waals surface area contributed by atoms with E-state index >= 15 is 0 Å². The molecule has 0 unspecified atom stereocenters. The highest BCUT2D eigenvalue weighted by Crippen LogP contribution is 2.38. The molecule has 9 heteroatoms. The number of carbonyl (C=O) groups is 2. The Bertz CT molecular complexity index is 979. The van der Waals surface area contributed by atoms with Gasteiger partial charge in [0, 0.05) is 11.4 Å². The van der Waals surface area contributed by atoms with Gasteiger partial charge in [-0.15, -0.1) is 11.3 Å². The van der Waals surface area contributed by atoms with Crippen LogP contribution in [0, 0.1) is 11.3 Å². The van der Waals surface area contributed by atoms with Crippen LogP contribution in [0.3, 0.4) is 0 Å². The Hall–Kier alpha value is -3.25. The van der Waals surface area contributed by atoms with Crippen molar-refractivity contribution in [3.8, 4) is 17.6 Å². The molecule has 1 aromatic heterocycles. The highest BCUT2D eigenvalue weighted by Gasteiger charge is 2.28. The van der Waals surface area contributed by atoms with E-state index in [1.165, 1.54) is 25.6 Å². The lowest BCUT2D eigenvalue weighted by Crippen LogP contribution is -2.35. The number of anilines is 1. The lowest BCUT2D eigenvalue weighted by molar-refractivity contribution is 0.102. The van der Waals surface area contributed by atoms with Crippen LogP contribution in [0.15, 0.2) is 18.2 Å². The van der Waals surface area contributed by atoms with Gasteiger partial charge in [-0.25, -0.2) is 4.79 Å². The van der Waals surface area contributed by atoms with Crippen molar-refractivity contribution in [1.82, 2.24) is 4.90 Å². The summed E-state index contributed by atoms with van der Waals surface area (Å²) in [5.74, 6) is 0.357. The third kappa shape index (κ3) is 3.98. The fourth-order valence-electron chi connectivity index (χ4n) is 3.22. The summed E-state index contributed by atoms with van der Waals surface area (Å²) in [6, 6.07) is 7.20. The van der Waals surface area contributed by atoms with Gasteiger partial charge in [-0.3, -0.25) is 4.79 Å². The molecule has 0 saturated carbocycles. The topological polar surface area (TPSA) is 101 Å². The fraction of sp³-hybridized carbons (Fsp3) is 0.350. The van der Waals surface area contributed by atoms with Crippen molar-refractivity contribution in [2.75, 3.05) is 32.7 Å². The highest BCUT2D eigenvalue weighted by molar-refractivity contribution is 7.16. The van der Waals surface area contributed by atoms with Crippen LogP contribution in [-0.4, -0.2) is 44.3 Å². The van der Waals surface area contributed by atoms with Crippen LogP contribution in [0.2, 0.25) is 0 Å². The second-order valence-electron chi connectivity index (χ2n) is 6.19. The molecule has 0 bridgehead atoms. The minimum Gasteiger partial charge on any atom is -0.493 e. The Morgan fingerprint density at radius 3 is 2.76 bits per heavy atom. The van der Waals surface area contributed by atoms with Crippen LogP contribution in [0.25, 0.3) is 0 Å². The molecule has 2 heterocycles. The van der Waals surface area contributed by atoms with Crippen molar-refractivity contribution in [1.29, 1.82) is 5.26 Å². The fourth-order valence-corrected chi connectivity index (χ4v) is 4.43. The van der Waals surface area contributed by atoms with E-state index in [0.29, 0.717) is 53.7 Å². The number of nitrogens with one attached hydrogen (secondary N) is 1. The van der Waals surface area contributed by atoms with Gasteiger partial charge in [-0.1, -0.05) is 6.07 Å². The van der Waals surface area contributed by atoms with Crippen molar-refractivity contribution in [2.24, 2.45) is 0 Å². The Morgan fingerprint density at radius 2 is 2.10 bits per heavy atom. The molecule has 1 aromatic carbocycles. The molecule has 0 aliphatic carbocycles. The van der Waals surface area contributed by atoms with Crippen LogP contribution in [0.5, 0.6) is 11.5 Å². The lowest BCUT2D eigenvalue weighted by Gasteiger charge is -2.25. The molecule has 2 aromatic rings. The minimum atomic E-state index is -0.405. The van der Waals surface area contributed by atoms with Crippen LogP contribution in [0.4, 0.5) is 9.80 Å². The van der Waals surface area contributed by atoms with Crippen molar-refractivity contribution in [3.63, 3.8) is 0 Å². The quantitative estimate of drug-likeness (QED) is 0.803. The van der Waals surface area contributed by atoms with Gasteiger partial charge in [0.25, 0.3) is 5.91 Å². The average molecular weight is 415 g/mol. The molecule has 29 heavy (non-hydrogen) atoms. The maximum atomic E-state index is 12.9. The summed E-state index contributed by atoms with van der Waals surface area (Å²) in [6.07, 6.45) is 0.156. The summed E-state index contributed by atoms with van der Waals surface area (Å²) in [6.45, 7) is 2.88. The monoisotopic (exact) mass is 415 g/mol. The Labute approximate surface area is 172 Å².